The van der Waals surface area contributed by atoms with Crippen molar-refractivity contribution in [2.75, 3.05) is 0 Å². The van der Waals surface area contributed by atoms with E-state index in [-0.39, 0.29) is 20.7 Å². The first-order chi connectivity index (χ1) is 9.20. The Bertz CT molecular complexity index is 685. The van der Waals surface area contributed by atoms with Gasteiger partial charge in [0, 0.05) is 6.20 Å². The van der Waals surface area contributed by atoms with Crippen LogP contribution in [0.5, 0.6) is 0 Å². The lowest BCUT2D eigenvalue weighted by molar-refractivity contribution is -0.141. The van der Waals surface area contributed by atoms with Crippen LogP contribution in [0.3, 0.4) is 0 Å². The molecule has 0 saturated carbocycles. The molecule has 9 heteroatoms. The van der Waals surface area contributed by atoms with Gasteiger partial charge in [0.1, 0.15) is 0 Å². The molecule has 0 unspecified atom stereocenters. The molecule has 0 aliphatic rings. The molecule has 0 amide bonds. The predicted octanol–water partition coefficient (Wildman–Crippen LogP) is 4.01. The molecule has 4 nitrogen and oxygen atoms in total. The van der Waals surface area contributed by atoms with E-state index >= 15 is 0 Å². The number of benzene rings is 1. The van der Waals surface area contributed by atoms with Gasteiger partial charge in [0.15, 0.2) is 5.69 Å². The average molecular weight is 370 g/mol. The third kappa shape index (κ3) is 2.80. The van der Waals surface area contributed by atoms with Crippen molar-refractivity contribution in [3.8, 4) is 5.69 Å². The molecule has 0 aliphatic carbocycles. The summed E-state index contributed by atoms with van der Waals surface area (Å²) in [6, 6.07) is 3.79. The van der Waals surface area contributed by atoms with Gasteiger partial charge in [-0.1, -0.05) is 11.6 Å². The number of carboxylic acid groups (broad SMARTS) is 1. The maximum absolute atomic E-state index is 12.6. The highest BCUT2D eigenvalue weighted by molar-refractivity contribution is 9.10. The Morgan fingerprint density at radius 2 is 2.05 bits per heavy atom. The van der Waals surface area contributed by atoms with Crippen molar-refractivity contribution in [1.29, 1.82) is 0 Å². The van der Waals surface area contributed by atoms with Crippen molar-refractivity contribution in [3.05, 3.63) is 45.1 Å². The Labute approximate surface area is 123 Å². The van der Waals surface area contributed by atoms with Crippen LogP contribution in [-0.2, 0) is 6.18 Å². The van der Waals surface area contributed by atoms with Crippen molar-refractivity contribution in [1.82, 2.24) is 9.78 Å². The Hall–Kier alpha value is -1.54. The standard InChI is InChI=1S/C11H5BrClF3N2O2/c12-7-4-18(17-9(7)11(14,15)16)5-1-2-8(13)6(3-5)10(19)20/h1-4H,(H,19,20). The normalized spacial score (nSPS) is 11.7. The zero-order valence-electron chi connectivity index (χ0n) is 9.45. The number of hydrogen-bond donors (Lipinski definition) is 1. The summed E-state index contributed by atoms with van der Waals surface area (Å²) in [4.78, 5) is 10.9. The molecule has 1 aromatic carbocycles. The van der Waals surface area contributed by atoms with Crippen LogP contribution in [0.2, 0.25) is 5.02 Å². The van der Waals surface area contributed by atoms with Crippen molar-refractivity contribution < 1.29 is 23.1 Å². The van der Waals surface area contributed by atoms with E-state index in [1.165, 1.54) is 12.1 Å². The fourth-order valence-electron chi connectivity index (χ4n) is 1.50. The van der Waals surface area contributed by atoms with E-state index in [1.807, 2.05) is 0 Å². The molecule has 2 aromatic rings. The molecule has 0 bridgehead atoms. The van der Waals surface area contributed by atoms with Gasteiger partial charge in [-0.3, -0.25) is 0 Å². The van der Waals surface area contributed by atoms with Gasteiger partial charge in [0.25, 0.3) is 0 Å². The minimum atomic E-state index is -4.61. The number of alkyl halides is 3. The number of hydrogen-bond acceptors (Lipinski definition) is 2. The number of halogens is 5. The molecule has 0 saturated heterocycles. The number of aromatic carboxylic acids is 1. The molecule has 0 radical (unpaired) electrons. The van der Waals surface area contributed by atoms with Gasteiger partial charge < -0.3 is 5.11 Å². The summed E-state index contributed by atoms with van der Waals surface area (Å²) >= 11 is 8.45. The van der Waals surface area contributed by atoms with Crippen LogP contribution in [0, 0.1) is 0 Å². The second kappa shape index (κ2) is 5.10. The summed E-state index contributed by atoms with van der Waals surface area (Å²) in [7, 11) is 0. The van der Waals surface area contributed by atoms with Crippen LogP contribution < -0.4 is 0 Å². The summed E-state index contributed by atoms with van der Waals surface area (Å²) in [6.07, 6.45) is -3.51. The summed E-state index contributed by atoms with van der Waals surface area (Å²) in [6.45, 7) is 0. The zero-order valence-corrected chi connectivity index (χ0v) is 11.8. The second-order valence-corrected chi connectivity index (χ2v) is 5.00. The first-order valence-electron chi connectivity index (χ1n) is 5.05. The SMILES string of the molecule is O=C(O)c1cc(-n2cc(Br)c(C(F)(F)F)n2)ccc1Cl. The number of rotatable bonds is 2. The van der Waals surface area contributed by atoms with Gasteiger partial charge in [-0.05, 0) is 34.1 Å². The van der Waals surface area contributed by atoms with Crippen molar-refractivity contribution >= 4 is 33.5 Å². The molecule has 106 valence electrons. The second-order valence-electron chi connectivity index (χ2n) is 3.74. The van der Waals surface area contributed by atoms with Crippen LogP contribution in [0.4, 0.5) is 13.2 Å². The van der Waals surface area contributed by atoms with Gasteiger partial charge in [0.05, 0.1) is 20.7 Å². The van der Waals surface area contributed by atoms with Crippen LogP contribution in [-0.4, -0.2) is 20.9 Å². The number of carbonyl (C=O) groups is 1. The third-order valence-corrected chi connectivity index (χ3v) is 3.29. The molecule has 0 aliphatic heterocycles. The fourth-order valence-corrected chi connectivity index (χ4v) is 2.19. The molecular weight excluding hydrogens is 364 g/mol. The molecule has 2 rings (SSSR count). The first-order valence-corrected chi connectivity index (χ1v) is 6.23. The Morgan fingerprint density at radius 1 is 1.40 bits per heavy atom. The van der Waals surface area contributed by atoms with Crippen molar-refractivity contribution in [3.63, 3.8) is 0 Å². The highest BCUT2D eigenvalue weighted by atomic mass is 79.9. The molecule has 1 aromatic heterocycles. The highest BCUT2D eigenvalue weighted by Crippen LogP contribution is 2.34. The largest absolute Gasteiger partial charge is 0.478 e. The van der Waals surface area contributed by atoms with Crippen LogP contribution in [0.15, 0.2) is 28.9 Å². The van der Waals surface area contributed by atoms with E-state index in [1.54, 1.807) is 0 Å². The van der Waals surface area contributed by atoms with Crippen LogP contribution in [0.25, 0.3) is 5.69 Å². The summed E-state index contributed by atoms with van der Waals surface area (Å²) in [5.41, 5.74) is -1.16. The Kier molecular flexibility index (Phi) is 3.79. The quantitative estimate of drug-likeness (QED) is 0.870. The first kappa shape index (κ1) is 14.9. The number of carboxylic acids is 1. The third-order valence-electron chi connectivity index (χ3n) is 2.38. The molecule has 0 spiro atoms. The minimum Gasteiger partial charge on any atom is -0.478 e. The predicted molar refractivity (Wildman–Crippen MR) is 68.2 cm³/mol. The maximum Gasteiger partial charge on any atom is 0.436 e. The van der Waals surface area contributed by atoms with Crippen molar-refractivity contribution in [2.45, 2.75) is 6.18 Å². The maximum atomic E-state index is 12.6. The van der Waals surface area contributed by atoms with E-state index in [4.69, 9.17) is 16.7 Å². The van der Waals surface area contributed by atoms with E-state index in [2.05, 4.69) is 21.0 Å². The van der Waals surface area contributed by atoms with Crippen LogP contribution >= 0.6 is 27.5 Å². The monoisotopic (exact) mass is 368 g/mol. The van der Waals surface area contributed by atoms with E-state index < -0.39 is 17.8 Å². The van der Waals surface area contributed by atoms with Gasteiger partial charge in [-0.2, -0.15) is 18.3 Å². The zero-order chi connectivity index (χ0) is 15.1. The topological polar surface area (TPSA) is 55.1 Å². The lowest BCUT2D eigenvalue weighted by Crippen LogP contribution is -2.08. The smallest absolute Gasteiger partial charge is 0.436 e. The number of aromatic nitrogens is 2. The molecule has 1 N–H and O–H groups in total. The summed E-state index contributed by atoms with van der Waals surface area (Å²) < 4.78 is 38.6. The molecule has 20 heavy (non-hydrogen) atoms. The van der Waals surface area contributed by atoms with Crippen LogP contribution in [0.1, 0.15) is 16.1 Å². The minimum absolute atomic E-state index is 0.0106. The summed E-state index contributed by atoms with van der Waals surface area (Å²) in [5, 5.41) is 12.3. The van der Waals surface area contributed by atoms with Crippen molar-refractivity contribution in [2.24, 2.45) is 0 Å². The molecule has 0 fully saturated rings. The van der Waals surface area contributed by atoms with Gasteiger partial charge in [-0.15, -0.1) is 0 Å². The van der Waals surface area contributed by atoms with Gasteiger partial charge in [0.2, 0.25) is 0 Å². The van der Waals surface area contributed by atoms with Gasteiger partial charge >= 0.3 is 12.1 Å². The fraction of sp³-hybridized carbons (Fsp3) is 0.0909. The van der Waals surface area contributed by atoms with Gasteiger partial charge in [-0.25, -0.2) is 9.48 Å². The highest BCUT2D eigenvalue weighted by Gasteiger charge is 2.36. The molecule has 1 heterocycles. The Balaban J connectivity index is 2.53. The average Bonchev–Trinajstić information content (AvgIpc) is 2.71. The summed E-state index contributed by atoms with van der Waals surface area (Å²) in [5.74, 6) is -1.28. The Morgan fingerprint density at radius 3 is 2.55 bits per heavy atom. The molecule has 0 atom stereocenters. The number of nitrogens with zero attached hydrogens (tertiary/aromatic N) is 2. The van der Waals surface area contributed by atoms with E-state index in [0.29, 0.717) is 0 Å². The lowest BCUT2D eigenvalue weighted by atomic mass is 10.2. The van der Waals surface area contributed by atoms with E-state index in [9.17, 15) is 18.0 Å². The molecular formula is C11H5BrClF3N2O2. The lowest BCUT2D eigenvalue weighted by Gasteiger charge is -2.05. The van der Waals surface area contributed by atoms with E-state index in [0.717, 1.165) is 16.9 Å².